The van der Waals surface area contributed by atoms with Gasteiger partial charge in [0.2, 0.25) is 5.91 Å². The van der Waals surface area contributed by atoms with Gasteiger partial charge in [-0.1, -0.05) is 19.1 Å². The number of nitrogens with zero attached hydrogens (tertiary/aromatic N) is 2. The highest BCUT2D eigenvalue weighted by Gasteiger charge is 2.31. The summed E-state index contributed by atoms with van der Waals surface area (Å²) in [6.45, 7) is 6.54. The van der Waals surface area contributed by atoms with E-state index in [0.717, 1.165) is 64.0 Å². The molecule has 0 radical (unpaired) electrons. The third-order valence-electron chi connectivity index (χ3n) is 5.67. The van der Waals surface area contributed by atoms with Crippen molar-refractivity contribution in [2.75, 3.05) is 33.3 Å². The van der Waals surface area contributed by atoms with Crippen LogP contribution in [-0.2, 0) is 4.79 Å². The number of benzene rings is 1. The van der Waals surface area contributed by atoms with Gasteiger partial charge in [-0.2, -0.15) is 0 Å². The molecule has 132 valence electrons. The van der Waals surface area contributed by atoms with E-state index in [1.807, 2.05) is 12.1 Å². The first-order valence-corrected chi connectivity index (χ1v) is 9.37. The van der Waals surface area contributed by atoms with Crippen molar-refractivity contribution in [1.29, 1.82) is 0 Å². The van der Waals surface area contributed by atoms with Crippen molar-refractivity contribution >= 4 is 5.91 Å². The van der Waals surface area contributed by atoms with Gasteiger partial charge in [-0.15, -0.1) is 0 Å². The number of ether oxygens (including phenoxy) is 1. The summed E-state index contributed by atoms with van der Waals surface area (Å²) in [6, 6.07) is 8.42. The van der Waals surface area contributed by atoms with Crippen molar-refractivity contribution in [3.05, 3.63) is 29.8 Å². The van der Waals surface area contributed by atoms with E-state index in [9.17, 15) is 4.79 Å². The summed E-state index contributed by atoms with van der Waals surface area (Å²) in [4.78, 5) is 17.5. The Balaban J connectivity index is 1.61. The van der Waals surface area contributed by atoms with E-state index >= 15 is 0 Å². The fourth-order valence-corrected chi connectivity index (χ4v) is 4.13. The maximum absolute atomic E-state index is 12.9. The number of likely N-dealkylation sites (tertiary alicyclic amines) is 2. The molecular formula is C20H30N2O2. The normalized spacial score (nSPS) is 22.8. The maximum atomic E-state index is 12.9. The monoisotopic (exact) mass is 330 g/mol. The fraction of sp³-hybridized carbons (Fsp3) is 0.650. The number of methoxy groups -OCH3 is 1. The average Bonchev–Trinajstić information content (AvgIpc) is 3.12. The zero-order valence-electron chi connectivity index (χ0n) is 15.0. The van der Waals surface area contributed by atoms with E-state index in [4.69, 9.17) is 4.74 Å². The Bertz CT molecular complexity index is 552. The topological polar surface area (TPSA) is 32.8 Å². The molecule has 2 fully saturated rings. The molecule has 0 saturated carbocycles. The Morgan fingerprint density at radius 3 is 2.71 bits per heavy atom. The quantitative estimate of drug-likeness (QED) is 0.828. The van der Waals surface area contributed by atoms with Crippen LogP contribution in [0.3, 0.4) is 0 Å². The Morgan fingerprint density at radius 1 is 1.21 bits per heavy atom. The zero-order valence-corrected chi connectivity index (χ0v) is 15.0. The molecule has 4 heteroatoms. The highest BCUT2D eigenvalue weighted by atomic mass is 16.5. The Hall–Kier alpha value is -1.55. The number of rotatable bonds is 5. The SMILES string of the molecule is CCN1CCC(CC(=O)N2CCC[C@H]2c2cccc(OC)c2)CC1. The van der Waals surface area contributed by atoms with Gasteiger partial charge in [0.15, 0.2) is 0 Å². The van der Waals surface area contributed by atoms with Crippen molar-refractivity contribution in [3.63, 3.8) is 0 Å². The summed E-state index contributed by atoms with van der Waals surface area (Å²) in [5, 5.41) is 0. The van der Waals surface area contributed by atoms with Gasteiger partial charge in [-0.3, -0.25) is 4.79 Å². The largest absolute Gasteiger partial charge is 0.497 e. The van der Waals surface area contributed by atoms with Gasteiger partial charge in [0.25, 0.3) is 0 Å². The summed E-state index contributed by atoms with van der Waals surface area (Å²) in [6.07, 6.45) is 5.21. The van der Waals surface area contributed by atoms with Crippen molar-refractivity contribution in [1.82, 2.24) is 9.80 Å². The molecule has 1 aromatic carbocycles. The molecule has 2 aliphatic rings. The lowest BCUT2D eigenvalue weighted by atomic mass is 9.92. The summed E-state index contributed by atoms with van der Waals surface area (Å²) in [7, 11) is 1.69. The van der Waals surface area contributed by atoms with Crippen LogP contribution in [0.4, 0.5) is 0 Å². The molecule has 0 spiro atoms. The van der Waals surface area contributed by atoms with Gasteiger partial charge >= 0.3 is 0 Å². The minimum atomic E-state index is 0.225. The molecule has 3 rings (SSSR count). The number of carbonyl (C=O) groups excluding carboxylic acids is 1. The molecule has 1 aromatic rings. The van der Waals surface area contributed by atoms with Gasteiger partial charge in [0, 0.05) is 13.0 Å². The molecule has 2 saturated heterocycles. The van der Waals surface area contributed by atoms with Gasteiger partial charge in [0.1, 0.15) is 5.75 Å². The average molecular weight is 330 g/mol. The van der Waals surface area contributed by atoms with E-state index in [1.165, 1.54) is 5.56 Å². The fourth-order valence-electron chi connectivity index (χ4n) is 4.13. The second-order valence-electron chi connectivity index (χ2n) is 7.10. The number of hydrogen-bond donors (Lipinski definition) is 0. The highest BCUT2D eigenvalue weighted by Crippen LogP contribution is 2.35. The van der Waals surface area contributed by atoms with E-state index in [0.29, 0.717) is 11.8 Å². The van der Waals surface area contributed by atoms with Crippen LogP contribution in [0.25, 0.3) is 0 Å². The first kappa shape index (κ1) is 17.3. The van der Waals surface area contributed by atoms with Crippen LogP contribution < -0.4 is 4.74 Å². The van der Waals surface area contributed by atoms with E-state index in [-0.39, 0.29) is 6.04 Å². The molecule has 24 heavy (non-hydrogen) atoms. The molecule has 0 unspecified atom stereocenters. The first-order chi connectivity index (χ1) is 11.7. The standard InChI is InChI=1S/C20H30N2O2/c1-3-21-12-9-16(10-13-21)14-20(23)22-11-5-8-19(22)17-6-4-7-18(15-17)24-2/h4,6-7,15-16,19H,3,5,8-14H2,1-2H3/t19-/m0/s1. The molecule has 2 heterocycles. The van der Waals surface area contributed by atoms with E-state index in [2.05, 4.69) is 28.9 Å². The van der Waals surface area contributed by atoms with Gasteiger partial charge < -0.3 is 14.5 Å². The number of piperidine rings is 1. The lowest BCUT2D eigenvalue weighted by molar-refractivity contribution is -0.133. The third kappa shape index (κ3) is 3.92. The number of amides is 1. The molecule has 0 aromatic heterocycles. The van der Waals surface area contributed by atoms with Crippen LogP contribution in [-0.4, -0.2) is 49.0 Å². The smallest absolute Gasteiger partial charge is 0.223 e. The predicted molar refractivity (Wildman–Crippen MR) is 96.1 cm³/mol. The number of carbonyl (C=O) groups is 1. The second-order valence-corrected chi connectivity index (χ2v) is 7.10. The molecule has 0 N–H and O–H groups in total. The van der Waals surface area contributed by atoms with Crippen molar-refractivity contribution < 1.29 is 9.53 Å². The summed E-state index contributed by atoms with van der Waals surface area (Å²) in [5.74, 6) is 1.78. The van der Waals surface area contributed by atoms with Crippen LogP contribution >= 0.6 is 0 Å². The summed E-state index contributed by atoms with van der Waals surface area (Å²) >= 11 is 0. The molecule has 1 atom stereocenters. The zero-order chi connectivity index (χ0) is 16.9. The Kier molecular flexibility index (Phi) is 5.77. The van der Waals surface area contributed by atoms with Crippen molar-refractivity contribution in [3.8, 4) is 5.75 Å². The van der Waals surface area contributed by atoms with Crippen LogP contribution in [0.1, 0.15) is 50.6 Å². The van der Waals surface area contributed by atoms with Crippen molar-refractivity contribution in [2.45, 2.75) is 45.1 Å². The Morgan fingerprint density at radius 2 is 2.00 bits per heavy atom. The molecule has 0 bridgehead atoms. The van der Waals surface area contributed by atoms with E-state index < -0.39 is 0 Å². The molecule has 1 amide bonds. The summed E-state index contributed by atoms with van der Waals surface area (Å²) in [5.41, 5.74) is 1.21. The minimum absolute atomic E-state index is 0.225. The Labute approximate surface area is 145 Å². The molecular weight excluding hydrogens is 300 g/mol. The maximum Gasteiger partial charge on any atom is 0.223 e. The van der Waals surface area contributed by atoms with Gasteiger partial charge in [0.05, 0.1) is 13.2 Å². The van der Waals surface area contributed by atoms with Crippen LogP contribution in [0, 0.1) is 5.92 Å². The second kappa shape index (κ2) is 8.02. The van der Waals surface area contributed by atoms with Gasteiger partial charge in [-0.25, -0.2) is 0 Å². The lowest BCUT2D eigenvalue weighted by Crippen LogP contribution is -2.37. The van der Waals surface area contributed by atoms with Crippen LogP contribution in [0.2, 0.25) is 0 Å². The van der Waals surface area contributed by atoms with Gasteiger partial charge in [-0.05, 0) is 68.9 Å². The van der Waals surface area contributed by atoms with Crippen LogP contribution in [0.5, 0.6) is 5.75 Å². The molecule has 2 aliphatic heterocycles. The predicted octanol–water partition coefficient (Wildman–Crippen LogP) is 3.48. The minimum Gasteiger partial charge on any atom is -0.497 e. The summed E-state index contributed by atoms with van der Waals surface area (Å²) < 4.78 is 5.34. The van der Waals surface area contributed by atoms with Crippen LogP contribution in [0.15, 0.2) is 24.3 Å². The lowest BCUT2D eigenvalue weighted by Gasteiger charge is -2.32. The highest BCUT2D eigenvalue weighted by molar-refractivity contribution is 5.77. The molecule has 0 aliphatic carbocycles. The number of hydrogen-bond acceptors (Lipinski definition) is 3. The van der Waals surface area contributed by atoms with E-state index in [1.54, 1.807) is 7.11 Å². The van der Waals surface area contributed by atoms with Crippen molar-refractivity contribution in [2.24, 2.45) is 5.92 Å². The third-order valence-corrected chi connectivity index (χ3v) is 5.67. The molecule has 4 nitrogen and oxygen atoms in total. The first-order valence-electron chi connectivity index (χ1n) is 9.37.